The Hall–Kier alpha value is -0.0800. The van der Waals surface area contributed by atoms with Crippen molar-refractivity contribution in [3.8, 4) is 0 Å². The van der Waals surface area contributed by atoms with E-state index in [1.807, 2.05) is 7.11 Å². The van der Waals surface area contributed by atoms with Crippen molar-refractivity contribution >= 4 is 0 Å². The molecular weight excluding hydrogens is 246 g/mol. The smallest absolute Gasteiger partial charge is 0.0623 e. The van der Waals surface area contributed by atoms with Gasteiger partial charge in [-0.3, -0.25) is 0 Å². The van der Waals surface area contributed by atoms with Crippen LogP contribution in [0.1, 0.15) is 78.6 Å². The Morgan fingerprint density at radius 2 is 1.90 bits per heavy atom. The zero-order valence-electron chi connectivity index (χ0n) is 14.6. The fraction of sp³-hybridized carbons (Fsp3) is 1.00. The van der Waals surface area contributed by atoms with E-state index in [-0.39, 0.29) is 5.60 Å². The molecule has 0 unspecified atom stereocenters. The van der Waals surface area contributed by atoms with Crippen molar-refractivity contribution in [2.45, 2.75) is 84.2 Å². The van der Waals surface area contributed by atoms with Crippen LogP contribution in [0, 0.1) is 11.3 Å². The highest BCUT2D eigenvalue weighted by Crippen LogP contribution is 2.44. The molecule has 0 heterocycles. The van der Waals surface area contributed by atoms with E-state index < -0.39 is 0 Å². The number of hydrogen-bond donors (Lipinski definition) is 1. The van der Waals surface area contributed by atoms with Gasteiger partial charge in [-0.1, -0.05) is 26.2 Å². The molecule has 1 rings (SSSR count). The summed E-state index contributed by atoms with van der Waals surface area (Å²) in [7, 11) is 3.94. The molecule has 0 saturated heterocycles. The van der Waals surface area contributed by atoms with E-state index >= 15 is 0 Å². The molecule has 0 aliphatic heterocycles. The summed E-state index contributed by atoms with van der Waals surface area (Å²) in [6, 6.07) is 0. The van der Waals surface area contributed by atoms with E-state index in [9.17, 15) is 0 Å². The number of hydrogen-bond acceptors (Lipinski definition) is 2. The molecule has 0 spiro atoms. The maximum atomic E-state index is 5.61. The maximum Gasteiger partial charge on any atom is 0.0623 e. The highest BCUT2D eigenvalue weighted by atomic mass is 16.5. The van der Waals surface area contributed by atoms with Crippen LogP contribution in [-0.4, -0.2) is 26.3 Å². The summed E-state index contributed by atoms with van der Waals surface area (Å²) < 4.78 is 5.61. The summed E-state index contributed by atoms with van der Waals surface area (Å²) in [4.78, 5) is 0. The zero-order chi connectivity index (χ0) is 15.1. The lowest BCUT2D eigenvalue weighted by atomic mass is 9.66. The van der Waals surface area contributed by atoms with Crippen LogP contribution < -0.4 is 5.32 Å². The topological polar surface area (TPSA) is 21.3 Å². The normalized spacial score (nSPS) is 27.8. The van der Waals surface area contributed by atoms with Gasteiger partial charge in [-0.15, -0.1) is 0 Å². The maximum absolute atomic E-state index is 5.61. The first kappa shape index (κ1) is 18.0. The number of rotatable bonds is 9. The summed E-state index contributed by atoms with van der Waals surface area (Å²) in [6.45, 7) is 7.91. The van der Waals surface area contributed by atoms with E-state index in [1.165, 1.54) is 64.3 Å². The second-order valence-corrected chi connectivity index (χ2v) is 7.58. The first-order valence-corrected chi connectivity index (χ1v) is 8.67. The highest BCUT2D eigenvalue weighted by Gasteiger charge is 2.35. The van der Waals surface area contributed by atoms with E-state index in [2.05, 4.69) is 33.1 Å². The molecule has 120 valence electrons. The van der Waals surface area contributed by atoms with Gasteiger partial charge in [0.2, 0.25) is 0 Å². The minimum Gasteiger partial charge on any atom is -0.379 e. The van der Waals surface area contributed by atoms with Crippen molar-refractivity contribution in [2.75, 3.05) is 20.7 Å². The Balaban J connectivity index is 2.48. The molecule has 1 aliphatic carbocycles. The van der Waals surface area contributed by atoms with Crippen LogP contribution >= 0.6 is 0 Å². The van der Waals surface area contributed by atoms with Gasteiger partial charge >= 0.3 is 0 Å². The summed E-state index contributed by atoms with van der Waals surface area (Å²) in [5.41, 5.74) is 0.549. The van der Waals surface area contributed by atoms with Crippen LogP contribution in [0.25, 0.3) is 0 Å². The van der Waals surface area contributed by atoms with Crippen molar-refractivity contribution in [1.82, 2.24) is 5.32 Å². The molecule has 1 fully saturated rings. The van der Waals surface area contributed by atoms with E-state index in [4.69, 9.17) is 4.74 Å². The van der Waals surface area contributed by atoms with E-state index in [0.29, 0.717) is 5.41 Å². The van der Waals surface area contributed by atoms with Crippen molar-refractivity contribution in [1.29, 1.82) is 0 Å². The summed E-state index contributed by atoms with van der Waals surface area (Å²) in [6.07, 6.45) is 12.4. The van der Waals surface area contributed by atoms with Gasteiger partial charge in [0.25, 0.3) is 0 Å². The van der Waals surface area contributed by atoms with Crippen molar-refractivity contribution in [3.63, 3.8) is 0 Å². The second kappa shape index (κ2) is 8.38. The largest absolute Gasteiger partial charge is 0.379 e. The lowest BCUT2D eigenvalue weighted by molar-refractivity contribution is -0.00287. The van der Waals surface area contributed by atoms with Crippen LogP contribution in [0.3, 0.4) is 0 Å². The molecule has 0 bridgehead atoms. The van der Waals surface area contributed by atoms with Crippen LogP contribution in [0.15, 0.2) is 0 Å². The predicted octanol–water partition coefficient (Wildman–Crippen LogP) is 4.78. The summed E-state index contributed by atoms with van der Waals surface area (Å²) in [5, 5.41) is 3.45. The number of ether oxygens (including phenoxy) is 1. The molecule has 1 N–H and O–H groups in total. The summed E-state index contributed by atoms with van der Waals surface area (Å²) in [5.74, 6) is 0.996. The van der Waals surface area contributed by atoms with Crippen LogP contribution in [0.5, 0.6) is 0 Å². The number of nitrogens with one attached hydrogen (secondary N) is 1. The SMILES string of the molecule is CCCCC1CCC(CCC(C)(C)OC)(CNC)CC1. The second-order valence-electron chi connectivity index (χ2n) is 7.58. The van der Waals surface area contributed by atoms with Crippen LogP contribution in [0.2, 0.25) is 0 Å². The van der Waals surface area contributed by atoms with Gasteiger partial charge in [0.05, 0.1) is 5.60 Å². The molecule has 0 aromatic carbocycles. The highest BCUT2D eigenvalue weighted by molar-refractivity contribution is 4.89. The van der Waals surface area contributed by atoms with Gasteiger partial charge in [-0.05, 0) is 70.8 Å². The molecule has 0 amide bonds. The Morgan fingerprint density at radius 3 is 2.40 bits per heavy atom. The van der Waals surface area contributed by atoms with Gasteiger partial charge in [0.15, 0.2) is 0 Å². The molecule has 2 nitrogen and oxygen atoms in total. The van der Waals surface area contributed by atoms with Crippen molar-refractivity contribution in [3.05, 3.63) is 0 Å². The van der Waals surface area contributed by atoms with Gasteiger partial charge < -0.3 is 10.1 Å². The summed E-state index contributed by atoms with van der Waals surface area (Å²) >= 11 is 0. The monoisotopic (exact) mass is 283 g/mol. The average Bonchev–Trinajstić information content (AvgIpc) is 2.45. The standard InChI is InChI=1S/C18H37NO/c1-6-7-8-16-9-11-18(12-10-16,15-19-4)14-13-17(2,3)20-5/h16,19H,6-15H2,1-5H3. The fourth-order valence-corrected chi connectivity index (χ4v) is 3.63. The van der Waals surface area contributed by atoms with Gasteiger partial charge in [0, 0.05) is 13.7 Å². The fourth-order valence-electron chi connectivity index (χ4n) is 3.63. The Bertz CT molecular complexity index is 254. The lowest BCUT2D eigenvalue weighted by Gasteiger charge is -2.42. The molecule has 20 heavy (non-hydrogen) atoms. The molecule has 0 radical (unpaired) electrons. The molecule has 2 heteroatoms. The average molecular weight is 284 g/mol. The molecule has 0 aromatic rings. The Morgan fingerprint density at radius 1 is 1.25 bits per heavy atom. The third kappa shape index (κ3) is 5.73. The molecule has 0 aromatic heterocycles. The first-order chi connectivity index (χ1) is 9.47. The van der Waals surface area contributed by atoms with E-state index in [1.54, 1.807) is 0 Å². The third-order valence-electron chi connectivity index (χ3n) is 5.49. The quantitative estimate of drug-likeness (QED) is 0.657. The van der Waals surface area contributed by atoms with Crippen molar-refractivity contribution < 1.29 is 4.74 Å². The van der Waals surface area contributed by atoms with Crippen LogP contribution in [0.4, 0.5) is 0 Å². The predicted molar refractivity (Wildman–Crippen MR) is 88.2 cm³/mol. The number of methoxy groups -OCH3 is 1. The van der Waals surface area contributed by atoms with Crippen LogP contribution in [-0.2, 0) is 4.74 Å². The molecule has 1 saturated carbocycles. The lowest BCUT2D eigenvalue weighted by Crippen LogP contribution is -2.38. The zero-order valence-corrected chi connectivity index (χ0v) is 14.6. The minimum atomic E-state index is 0.0276. The van der Waals surface area contributed by atoms with E-state index in [0.717, 1.165) is 5.92 Å². The van der Waals surface area contributed by atoms with Gasteiger partial charge in [-0.25, -0.2) is 0 Å². The number of unbranched alkanes of at least 4 members (excludes halogenated alkanes) is 1. The van der Waals surface area contributed by atoms with Gasteiger partial charge in [0.1, 0.15) is 0 Å². The molecular formula is C18H37NO. The first-order valence-electron chi connectivity index (χ1n) is 8.67. The Kier molecular flexibility index (Phi) is 7.53. The van der Waals surface area contributed by atoms with Crippen molar-refractivity contribution in [2.24, 2.45) is 11.3 Å². The third-order valence-corrected chi connectivity index (χ3v) is 5.49. The van der Waals surface area contributed by atoms with Gasteiger partial charge in [-0.2, -0.15) is 0 Å². The Labute approximate surface area is 127 Å². The minimum absolute atomic E-state index is 0.0276. The molecule has 1 aliphatic rings. The molecule has 0 atom stereocenters.